The molecule has 1 aliphatic carbocycles. The third-order valence-electron chi connectivity index (χ3n) is 4.45. The van der Waals surface area contributed by atoms with Gasteiger partial charge in [0.2, 0.25) is 5.95 Å². The minimum absolute atomic E-state index is 0.445. The van der Waals surface area contributed by atoms with E-state index >= 15 is 0 Å². The SMILES string of the molecule is Cc1cnc2c(c1)nc(N)n2C1CCC(C)C1C. The fraction of sp³-hybridized carbons (Fsp3) is 0.571. The summed E-state index contributed by atoms with van der Waals surface area (Å²) in [7, 11) is 0. The Kier molecular flexibility index (Phi) is 2.54. The maximum absolute atomic E-state index is 6.10. The first-order valence-corrected chi connectivity index (χ1v) is 6.68. The first kappa shape index (κ1) is 11.5. The monoisotopic (exact) mass is 244 g/mol. The smallest absolute Gasteiger partial charge is 0.202 e. The molecule has 2 heterocycles. The number of aryl methyl sites for hydroxylation is 1. The molecule has 3 atom stereocenters. The number of pyridine rings is 1. The Balaban J connectivity index is 2.14. The Morgan fingerprint density at radius 1 is 1.33 bits per heavy atom. The molecule has 2 N–H and O–H groups in total. The molecule has 18 heavy (non-hydrogen) atoms. The summed E-state index contributed by atoms with van der Waals surface area (Å²) >= 11 is 0. The zero-order chi connectivity index (χ0) is 12.9. The van der Waals surface area contributed by atoms with Crippen LogP contribution in [0.1, 0.15) is 38.3 Å². The Morgan fingerprint density at radius 2 is 2.11 bits per heavy atom. The second-order valence-corrected chi connectivity index (χ2v) is 5.68. The molecule has 4 nitrogen and oxygen atoms in total. The predicted molar refractivity (Wildman–Crippen MR) is 73.3 cm³/mol. The van der Waals surface area contributed by atoms with Crippen LogP contribution in [0.2, 0.25) is 0 Å². The largest absolute Gasteiger partial charge is 0.369 e. The number of nitrogen functional groups attached to an aromatic ring is 1. The highest BCUT2D eigenvalue weighted by atomic mass is 15.2. The quantitative estimate of drug-likeness (QED) is 0.839. The molecular formula is C14H20N4. The van der Waals surface area contributed by atoms with Crippen molar-refractivity contribution in [2.45, 2.75) is 39.7 Å². The normalized spacial score (nSPS) is 28.1. The molecule has 3 unspecified atom stereocenters. The first-order chi connectivity index (χ1) is 8.58. The van der Waals surface area contributed by atoms with Crippen LogP contribution in [0.15, 0.2) is 12.3 Å². The maximum atomic E-state index is 6.10. The molecule has 0 saturated heterocycles. The fourth-order valence-corrected chi connectivity index (χ4v) is 3.13. The van der Waals surface area contributed by atoms with E-state index in [1.54, 1.807) is 0 Å². The number of rotatable bonds is 1. The number of nitrogens with zero attached hydrogens (tertiary/aromatic N) is 3. The molecule has 2 aromatic heterocycles. The van der Waals surface area contributed by atoms with Crippen molar-refractivity contribution in [1.29, 1.82) is 0 Å². The lowest BCUT2D eigenvalue weighted by Gasteiger charge is -2.21. The van der Waals surface area contributed by atoms with E-state index < -0.39 is 0 Å². The van der Waals surface area contributed by atoms with E-state index in [0.29, 0.717) is 17.9 Å². The molecule has 1 saturated carbocycles. The van der Waals surface area contributed by atoms with Gasteiger partial charge in [0.25, 0.3) is 0 Å². The Bertz CT molecular complexity index is 587. The molecule has 4 heteroatoms. The van der Waals surface area contributed by atoms with Gasteiger partial charge in [-0.2, -0.15) is 0 Å². The van der Waals surface area contributed by atoms with E-state index in [1.807, 2.05) is 13.1 Å². The number of imidazole rings is 1. The van der Waals surface area contributed by atoms with E-state index in [9.17, 15) is 0 Å². The third kappa shape index (κ3) is 1.59. The van der Waals surface area contributed by atoms with Crippen LogP contribution >= 0.6 is 0 Å². The van der Waals surface area contributed by atoms with Gasteiger partial charge < -0.3 is 5.73 Å². The molecule has 0 aromatic carbocycles. The van der Waals surface area contributed by atoms with Gasteiger partial charge in [0.1, 0.15) is 5.52 Å². The highest BCUT2D eigenvalue weighted by molar-refractivity contribution is 5.74. The molecule has 0 amide bonds. The van der Waals surface area contributed by atoms with Crippen LogP contribution in [0.3, 0.4) is 0 Å². The van der Waals surface area contributed by atoms with Gasteiger partial charge in [-0.1, -0.05) is 13.8 Å². The third-order valence-corrected chi connectivity index (χ3v) is 4.45. The molecule has 96 valence electrons. The number of anilines is 1. The van der Waals surface area contributed by atoms with Crippen molar-refractivity contribution in [2.75, 3.05) is 5.73 Å². The highest BCUT2D eigenvalue weighted by Crippen LogP contribution is 2.42. The Hall–Kier alpha value is -1.58. The van der Waals surface area contributed by atoms with Gasteiger partial charge in [-0.15, -0.1) is 0 Å². The minimum atomic E-state index is 0.445. The van der Waals surface area contributed by atoms with Gasteiger partial charge in [0, 0.05) is 12.2 Å². The van der Waals surface area contributed by atoms with Gasteiger partial charge in [-0.3, -0.25) is 4.57 Å². The zero-order valence-corrected chi connectivity index (χ0v) is 11.2. The summed E-state index contributed by atoms with van der Waals surface area (Å²) in [4.78, 5) is 8.98. The summed E-state index contributed by atoms with van der Waals surface area (Å²) in [5, 5.41) is 0. The average Bonchev–Trinajstić information content (AvgIpc) is 2.80. The van der Waals surface area contributed by atoms with Crippen molar-refractivity contribution in [3.05, 3.63) is 17.8 Å². The van der Waals surface area contributed by atoms with Gasteiger partial charge in [-0.05, 0) is 43.2 Å². The minimum Gasteiger partial charge on any atom is -0.369 e. The van der Waals surface area contributed by atoms with Crippen LogP contribution in [-0.2, 0) is 0 Å². The number of aromatic nitrogens is 3. The van der Waals surface area contributed by atoms with Crippen molar-refractivity contribution < 1.29 is 0 Å². The van der Waals surface area contributed by atoms with E-state index in [-0.39, 0.29) is 0 Å². The van der Waals surface area contributed by atoms with Crippen LogP contribution in [0.5, 0.6) is 0 Å². The number of hydrogen-bond acceptors (Lipinski definition) is 3. The van der Waals surface area contributed by atoms with Crippen molar-refractivity contribution in [3.8, 4) is 0 Å². The maximum Gasteiger partial charge on any atom is 0.202 e. The van der Waals surface area contributed by atoms with Crippen molar-refractivity contribution in [3.63, 3.8) is 0 Å². The van der Waals surface area contributed by atoms with Crippen LogP contribution in [0, 0.1) is 18.8 Å². The summed E-state index contributed by atoms with van der Waals surface area (Å²) in [5.41, 5.74) is 9.08. The lowest BCUT2D eigenvalue weighted by atomic mass is 9.98. The van der Waals surface area contributed by atoms with E-state index in [4.69, 9.17) is 5.73 Å². The second kappa shape index (κ2) is 3.97. The van der Waals surface area contributed by atoms with Crippen LogP contribution in [0.4, 0.5) is 5.95 Å². The van der Waals surface area contributed by atoms with Gasteiger partial charge in [0.15, 0.2) is 5.65 Å². The van der Waals surface area contributed by atoms with Crippen LogP contribution < -0.4 is 5.73 Å². The van der Waals surface area contributed by atoms with Crippen LogP contribution in [0.25, 0.3) is 11.2 Å². The standard InChI is InChI=1S/C14H20N4/c1-8-6-11-13(16-7-8)18(14(15)17-11)12-5-4-9(2)10(12)3/h6-7,9-10,12H,4-5H2,1-3H3,(H2,15,17). The summed E-state index contributed by atoms with van der Waals surface area (Å²) in [5.74, 6) is 1.99. The molecule has 1 aliphatic rings. The van der Waals surface area contributed by atoms with Gasteiger partial charge in [-0.25, -0.2) is 9.97 Å². The predicted octanol–water partition coefficient (Wildman–Crippen LogP) is 2.93. The van der Waals surface area contributed by atoms with Crippen molar-refractivity contribution in [2.24, 2.45) is 11.8 Å². The summed E-state index contributed by atoms with van der Waals surface area (Å²) in [6, 6.07) is 2.50. The molecular weight excluding hydrogens is 224 g/mol. The number of nitrogens with two attached hydrogens (primary N) is 1. The molecule has 1 fully saturated rings. The van der Waals surface area contributed by atoms with Crippen molar-refractivity contribution >= 4 is 17.1 Å². The Morgan fingerprint density at radius 3 is 2.78 bits per heavy atom. The van der Waals surface area contributed by atoms with Gasteiger partial charge >= 0.3 is 0 Å². The van der Waals surface area contributed by atoms with E-state index in [2.05, 4.69) is 34.4 Å². The lowest BCUT2D eigenvalue weighted by molar-refractivity contribution is 0.360. The molecule has 0 spiro atoms. The summed E-state index contributed by atoms with van der Waals surface area (Å²) in [6.07, 6.45) is 4.33. The average molecular weight is 244 g/mol. The molecule has 3 rings (SSSR count). The lowest BCUT2D eigenvalue weighted by Crippen LogP contribution is -2.16. The molecule has 0 bridgehead atoms. The van der Waals surface area contributed by atoms with Crippen molar-refractivity contribution in [1.82, 2.24) is 14.5 Å². The zero-order valence-electron chi connectivity index (χ0n) is 11.2. The number of hydrogen-bond donors (Lipinski definition) is 1. The van der Waals surface area contributed by atoms with E-state index in [0.717, 1.165) is 22.6 Å². The highest BCUT2D eigenvalue weighted by Gasteiger charge is 2.33. The first-order valence-electron chi connectivity index (χ1n) is 6.68. The summed E-state index contributed by atoms with van der Waals surface area (Å²) in [6.45, 7) is 6.65. The van der Waals surface area contributed by atoms with E-state index in [1.165, 1.54) is 12.8 Å². The molecule has 0 aliphatic heterocycles. The van der Waals surface area contributed by atoms with Gasteiger partial charge in [0.05, 0.1) is 0 Å². The number of fused-ring (bicyclic) bond motifs is 1. The van der Waals surface area contributed by atoms with Crippen LogP contribution in [-0.4, -0.2) is 14.5 Å². The summed E-state index contributed by atoms with van der Waals surface area (Å²) < 4.78 is 2.14. The Labute approximate surface area is 107 Å². The molecule has 0 radical (unpaired) electrons. The topological polar surface area (TPSA) is 56.7 Å². The molecule has 2 aromatic rings. The fourth-order valence-electron chi connectivity index (χ4n) is 3.13. The second-order valence-electron chi connectivity index (χ2n) is 5.68.